The first-order valence-electron chi connectivity index (χ1n) is 3.40. The molecule has 1 atom stereocenters. The van der Waals surface area contributed by atoms with Crippen LogP contribution in [0.4, 0.5) is 0 Å². The van der Waals surface area contributed by atoms with E-state index in [-0.39, 0.29) is 6.61 Å². The van der Waals surface area contributed by atoms with Crippen molar-refractivity contribution in [2.24, 2.45) is 0 Å². The van der Waals surface area contributed by atoms with Gasteiger partial charge in [-0.3, -0.25) is 9.42 Å². The Morgan fingerprint density at radius 3 is 3.08 bits per heavy atom. The molecule has 0 saturated heterocycles. The number of hydrogen-bond acceptors (Lipinski definition) is 4. The molecule has 0 aliphatic heterocycles. The van der Waals surface area contributed by atoms with Crippen LogP contribution < -0.4 is 4.62 Å². The first-order chi connectivity index (χ1) is 6.14. The van der Waals surface area contributed by atoms with Crippen molar-refractivity contribution in [3.63, 3.8) is 0 Å². The molecule has 1 N–H and O–H groups in total. The second-order valence-electron chi connectivity index (χ2n) is 2.06. The normalized spacial score (nSPS) is 14.8. The lowest BCUT2D eigenvalue weighted by Crippen LogP contribution is -2.08. The highest BCUT2D eigenvalue weighted by atomic mass is 31.2. The third kappa shape index (κ3) is 3.42. The lowest BCUT2D eigenvalue weighted by Gasteiger charge is -2.10. The van der Waals surface area contributed by atoms with Crippen molar-refractivity contribution in [1.82, 2.24) is 9.71 Å². The van der Waals surface area contributed by atoms with E-state index in [0.29, 0.717) is 0 Å². The molecule has 0 saturated carbocycles. The van der Waals surface area contributed by atoms with Gasteiger partial charge in [0.2, 0.25) is 0 Å². The third-order valence-electron chi connectivity index (χ3n) is 1.03. The minimum atomic E-state index is -4.05. The summed E-state index contributed by atoms with van der Waals surface area (Å²) in [4.78, 5) is 12.6. The van der Waals surface area contributed by atoms with E-state index < -0.39 is 7.82 Å². The third-order valence-corrected chi connectivity index (χ3v) is 1.90. The van der Waals surface area contributed by atoms with Gasteiger partial charge in [-0.1, -0.05) is 6.08 Å². The highest BCUT2D eigenvalue weighted by Crippen LogP contribution is 2.38. The Labute approximate surface area is 75.0 Å². The van der Waals surface area contributed by atoms with Gasteiger partial charge in [-0.15, -0.1) is 6.58 Å². The number of rotatable bonds is 5. The molecule has 6 nitrogen and oxygen atoms in total. The van der Waals surface area contributed by atoms with Crippen LogP contribution in [0.2, 0.25) is 0 Å². The minimum Gasteiger partial charge on any atom is -0.310 e. The fourth-order valence-electron chi connectivity index (χ4n) is 0.585. The van der Waals surface area contributed by atoms with E-state index in [0.717, 1.165) is 4.73 Å². The van der Waals surface area contributed by atoms with Crippen molar-refractivity contribution < 1.29 is 18.6 Å². The molecule has 0 bridgehead atoms. The maximum atomic E-state index is 11.1. The van der Waals surface area contributed by atoms with E-state index in [1.165, 1.54) is 24.8 Å². The summed E-state index contributed by atoms with van der Waals surface area (Å²) in [5.74, 6) is 0. The number of imidazole rings is 1. The Morgan fingerprint density at radius 1 is 1.77 bits per heavy atom. The summed E-state index contributed by atoms with van der Waals surface area (Å²) >= 11 is 0. The molecular formula is C6H9N2O4P. The molecule has 13 heavy (non-hydrogen) atoms. The lowest BCUT2D eigenvalue weighted by molar-refractivity contribution is 0.147. The van der Waals surface area contributed by atoms with Crippen LogP contribution in [0.1, 0.15) is 0 Å². The average Bonchev–Trinajstić information content (AvgIpc) is 2.52. The van der Waals surface area contributed by atoms with Crippen LogP contribution in [-0.4, -0.2) is 21.2 Å². The summed E-state index contributed by atoms with van der Waals surface area (Å²) in [5, 5.41) is 0. The van der Waals surface area contributed by atoms with Gasteiger partial charge in [0.25, 0.3) is 0 Å². The van der Waals surface area contributed by atoms with Gasteiger partial charge in [-0.25, -0.2) is 9.55 Å². The quantitative estimate of drug-likeness (QED) is 0.562. The summed E-state index contributed by atoms with van der Waals surface area (Å²) in [6.45, 7) is 3.28. The summed E-state index contributed by atoms with van der Waals surface area (Å²) in [6, 6.07) is 0. The van der Waals surface area contributed by atoms with E-state index in [4.69, 9.17) is 4.89 Å². The fraction of sp³-hybridized carbons (Fsp3) is 0.167. The molecule has 0 aliphatic carbocycles. The summed E-state index contributed by atoms with van der Waals surface area (Å²) in [6.07, 6.45) is 5.37. The lowest BCUT2D eigenvalue weighted by atomic mass is 10.7. The predicted octanol–water partition coefficient (Wildman–Crippen LogP) is 0.615. The first kappa shape index (κ1) is 9.98. The van der Waals surface area contributed by atoms with Crippen LogP contribution >= 0.6 is 7.82 Å². The number of aromatic nitrogens is 2. The SMILES string of the molecule is C=CCOP(=O)(O)On1ccnc1. The molecule has 0 amide bonds. The second-order valence-corrected chi connectivity index (χ2v) is 3.42. The smallest absolute Gasteiger partial charge is 0.310 e. The van der Waals surface area contributed by atoms with Gasteiger partial charge in [0, 0.05) is 6.20 Å². The molecule has 72 valence electrons. The van der Waals surface area contributed by atoms with E-state index >= 15 is 0 Å². The Kier molecular flexibility index (Phi) is 3.25. The molecule has 1 aromatic rings. The highest BCUT2D eigenvalue weighted by molar-refractivity contribution is 7.47. The Balaban J connectivity index is 2.52. The predicted molar refractivity (Wildman–Crippen MR) is 44.8 cm³/mol. The first-order valence-corrected chi connectivity index (χ1v) is 4.90. The van der Waals surface area contributed by atoms with Gasteiger partial charge in [-0.2, -0.15) is 4.73 Å². The van der Waals surface area contributed by atoms with Crippen molar-refractivity contribution >= 4 is 7.82 Å². The van der Waals surface area contributed by atoms with Crippen molar-refractivity contribution in [3.8, 4) is 0 Å². The molecule has 7 heteroatoms. The molecule has 1 heterocycles. The van der Waals surface area contributed by atoms with Crippen LogP contribution in [0.3, 0.4) is 0 Å². The van der Waals surface area contributed by atoms with Crippen molar-refractivity contribution in [1.29, 1.82) is 0 Å². The zero-order valence-corrected chi connectivity index (χ0v) is 7.63. The number of phosphoric acid groups is 1. The zero-order chi connectivity index (χ0) is 9.73. The van der Waals surface area contributed by atoms with Crippen LogP contribution in [0.5, 0.6) is 0 Å². The van der Waals surface area contributed by atoms with Crippen molar-refractivity contribution in [2.45, 2.75) is 0 Å². The molecule has 0 fully saturated rings. The zero-order valence-electron chi connectivity index (χ0n) is 6.74. The van der Waals surface area contributed by atoms with Crippen molar-refractivity contribution in [3.05, 3.63) is 31.4 Å². The molecule has 1 unspecified atom stereocenters. The highest BCUT2D eigenvalue weighted by Gasteiger charge is 2.22. The van der Waals surface area contributed by atoms with E-state index in [9.17, 15) is 4.57 Å². The van der Waals surface area contributed by atoms with E-state index in [1.807, 2.05) is 0 Å². The molecule has 0 aromatic carbocycles. The maximum Gasteiger partial charge on any atom is 0.546 e. The van der Waals surface area contributed by atoms with Gasteiger partial charge >= 0.3 is 7.82 Å². The largest absolute Gasteiger partial charge is 0.546 e. The van der Waals surface area contributed by atoms with Gasteiger partial charge in [0.05, 0.1) is 12.8 Å². The van der Waals surface area contributed by atoms with Crippen LogP contribution in [-0.2, 0) is 9.09 Å². The Hall–Kier alpha value is -1.10. The molecule has 0 radical (unpaired) electrons. The summed E-state index contributed by atoms with van der Waals surface area (Å²) in [7, 11) is -4.05. The molecule has 0 spiro atoms. The van der Waals surface area contributed by atoms with Crippen molar-refractivity contribution in [2.75, 3.05) is 6.61 Å². The summed E-state index contributed by atoms with van der Waals surface area (Å²) < 4.78 is 21.1. The number of hydrogen-bond donors (Lipinski definition) is 1. The monoisotopic (exact) mass is 204 g/mol. The Bertz CT molecular complexity index is 310. The van der Waals surface area contributed by atoms with E-state index in [1.54, 1.807) is 0 Å². The number of phosphoric ester groups is 1. The number of nitrogens with zero attached hydrogens (tertiary/aromatic N) is 2. The standard InChI is InChI=1S/C6H9N2O4P/c1-2-5-11-13(9,10)12-8-4-3-7-6-8/h2-4,6H,1,5H2,(H,9,10). The van der Waals surface area contributed by atoms with Gasteiger partial charge < -0.3 is 4.62 Å². The molecular weight excluding hydrogens is 195 g/mol. The van der Waals surface area contributed by atoms with Crippen LogP contribution in [0.15, 0.2) is 31.4 Å². The fourth-order valence-corrected chi connectivity index (χ4v) is 1.26. The van der Waals surface area contributed by atoms with E-state index in [2.05, 4.69) is 20.7 Å². The van der Waals surface area contributed by atoms with Crippen LogP contribution in [0.25, 0.3) is 0 Å². The van der Waals surface area contributed by atoms with Gasteiger partial charge in [0.15, 0.2) is 0 Å². The topological polar surface area (TPSA) is 73.6 Å². The minimum absolute atomic E-state index is 0.0531. The molecule has 1 rings (SSSR count). The average molecular weight is 204 g/mol. The Morgan fingerprint density at radius 2 is 2.54 bits per heavy atom. The van der Waals surface area contributed by atoms with Crippen LogP contribution in [0, 0.1) is 0 Å². The maximum absolute atomic E-state index is 11.1. The van der Waals surface area contributed by atoms with Gasteiger partial charge in [0.1, 0.15) is 6.33 Å². The second kappa shape index (κ2) is 4.23. The molecule has 0 aliphatic rings. The summed E-state index contributed by atoms with van der Waals surface area (Å²) in [5.41, 5.74) is 0. The van der Waals surface area contributed by atoms with Gasteiger partial charge in [-0.05, 0) is 0 Å². The molecule has 1 aromatic heterocycles.